The van der Waals surface area contributed by atoms with E-state index >= 15 is 0 Å². The van der Waals surface area contributed by atoms with Crippen LogP contribution >= 0.6 is 11.8 Å². The van der Waals surface area contributed by atoms with Gasteiger partial charge in [0.25, 0.3) is 0 Å². The van der Waals surface area contributed by atoms with E-state index in [9.17, 15) is 5.11 Å². The quantitative estimate of drug-likeness (QED) is 0.643. The Morgan fingerprint density at radius 2 is 2.00 bits per heavy atom. The minimum Gasteiger partial charge on any atom is -0.394 e. The molecule has 1 saturated carbocycles. The van der Waals surface area contributed by atoms with Crippen LogP contribution in [0.3, 0.4) is 0 Å². The maximum absolute atomic E-state index is 9.25. The van der Waals surface area contributed by atoms with Crippen molar-refractivity contribution < 1.29 is 10.2 Å². The van der Waals surface area contributed by atoms with Crippen LogP contribution in [0.4, 0.5) is 0 Å². The van der Waals surface area contributed by atoms with E-state index in [-0.39, 0.29) is 6.61 Å². The molecule has 3 nitrogen and oxygen atoms in total. The zero-order valence-electron chi connectivity index (χ0n) is 9.80. The van der Waals surface area contributed by atoms with Gasteiger partial charge in [0.05, 0.1) is 12.7 Å². The summed E-state index contributed by atoms with van der Waals surface area (Å²) in [5.74, 6) is 0.538. The SMILES string of the molecule is OCC(O)CSc1ccc(CNC2CC2)cc1. The average Bonchev–Trinajstić information content (AvgIpc) is 3.18. The molecule has 94 valence electrons. The first-order valence-corrected chi connectivity index (χ1v) is 7.00. The normalized spacial score (nSPS) is 17.1. The number of benzene rings is 1. The number of hydrogen-bond donors (Lipinski definition) is 3. The maximum atomic E-state index is 9.25. The Morgan fingerprint density at radius 1 is 1.29 bits per heavy atom. The maximum Gasteiger partial charge on any atom is 0.0864 e. The van der Waals surface area contributed by atoms with E-state index in [1.165, 1.54) is 18.4 Å². The van der Waals surface area contributed by atoms with E-state index in [0.717, 1.165) is 17.5 Å². The topological polar surface area (TPSA) is 52.5 Å². The zero-order chi connectivity index (χ0) is 12.1. The first-order chi connectivity index (χ1) is 8.28. The highest BCUT2D eigenvalue weighted by atomic mass is 32.2. The van der Waals surface area contributed by atoms with Crippen LogP contribution in [-0.4, -0.2) is 34.7 Å². The minimum absolute atomic E-state index is 0.170. The molecule has 0 bridgehead atoms. The van der Waals surface area contributed by atoms with Crippen molar-refractivity contribution in [3.8, 4) is 0 Å². The Bertz CT molecular complexity index is 338. The largest absolute Gasteiger partial charge is 0.394 e. The van der Waals surface area contributed by atoms with Crippen molar-refractivity contribution in [3.63, 3.8) is 0 Å². The molecule has 1 fully saturated rings. The lowest BCUT2D eigenvalue weighted by Gasteiger charge is -2.07. The lowest BCUT2D eigenvalue weighted by atomic mass is 10.2. The van der Waals surface area contributed by atoms with Gasteiger partial charge in [0.15, 0.2) is 0 Å². The smallest absolute Gasteiger partial charge is 0.0864 e. The minimum atomic E-state index is -0.629. The highest BCUT2D eigenvalue weighted by Gasteiger charge is 2.19. The van der Waals surface area contributed by atoms with Gasteiger partial charge in [-0.05, 0) is 30.5 Å². The van der Waals surface area contributed by atoms with Gasteiger partial charge in [0.2, 0.25) is 0 Å². The van der Waals surface area contributed by atoms with Crippen LogP contribution in [0.5, 0.6) is 0 Å². The van der Waals surface area contributed by atoms with Gasteiger partial charge in [0.1, 0.15) is 0 Å². The summed E-state index contributed by atoms with van der Waals surface area (Å²) < 4.78 is 0. The van der Waals surface area contributed by atoms with Gasteiger partial charge in [-0.25, -0.2) is 0 Å². The lowest BCUT2D eigenvalue weighted by molar-refractivity contribution is 0.113. The Labute approximate surface area is 106 Å². The Hall–Kier alpha value is -0.550. The second kappa shape index (κ2) is 6.40. The van der Waals surface area contributed by atoms with Crippen LogP contribution in [0.2, 0.25) is 0 Å². The summed E-state index contributed by atoms with van der Waals surface area (Å²) in [6.07, 6.45) is 2.00. The molecule has 1 aromatic carbocycles. The third kappa shape index (κ3) is 4.68. The summed E-state index contributed by atoms with van der Waals surface area (Å²) >= 11 is 1.57. The predicted octanol–water partition coefficient (Wildman–Crippen LogP) is 1.38. The highest BCUT2D eigenvalue weighted by molar-refractivity contribution is 7.99. The third-order valence-corrected chi connectivity index (χ3v) is 3.91. The van der Waals surface area contributed by atoms with Crippen LogP contribution in [0, 0.1) is 0 Å². The summed E-state index contributed by atoms with van der Waals surface area (Å²) in [6.45, 7) is 0.769. The van der Waals surface area contributed by atoms with Gasteiger partial charge in [-0.3, -0.25) is 0 Å². The van der Waals surface area contributed by atoms with Crippen molar-refractivity contribution in [2.24, 2.45) is 0 Å². The summed E-state index contributed by atoms with van der Waals surface area (Å²) in [5, 5.41) is 21.4. The monoisotopic (exact) mass is 253 g/mol. The summed E-state index contributed by atoms with van der Waals surface area (Å²) in [4.78, 5) is 1.13. The fourth-order valence-corrected chi connectivity index (χ4v) is 2.32. The molecule has 1 aromatic rings. The van der Waals surface area contributed by atoms with E-state index in [1.54, 1.807) is 11.8 Å². The van der Waals surface area contributed by atoms with Gasteiger partial charge >= 0.3 is 0 Å². The molecule has 0 heterocycles. The molecule has 0 spiro atoms. The first-order valence-electron chi connectivity index (χ1n) is 6.02. The van der Waals surface area contributed by atoms with E-state index in [1.807, 2.05) is 0 Å². The molecule has 0 radical (unpaired) electrons. The van der Waals surface area contributed by atoms with Crippen LogP contribution in [0.15, 0.2) is 29.2 Å². The molecule has 3 N–H and O–H groups in total. The number of hydrogen-bond acceptors (Lipinski definition) is 4. The molecule has 1 unspecified atom stereocenters. The molecule has 0 amide bonds. The van der Waals surface area contributed by atoms with Crippen LogP contribution in [0.25, 0.3) is 0 Å². The first kappa shape index (κ1) is 12.9. The highest BCUT2D eigenvalue weighted by Crippen LogP contribution is 2.21. The molecule has 0 aromatic heterocycles. The second-order valence-electron chi connectivity index (χ2n) is 4.45. The van der Waals surface area contributed by atoms with Gasteiger partial charge < -0.3 is 15.5 Å². The van der Waals surface area contributed by atoms with Crippen molar-refractivity contribution in [1.82, 2.24) is 5.32 Å². The molecule has 1 aliphatic rings. The fourth-order valence-electron chi connectivity index (χ4n) is 1.50. The van der Waals surface area contributed by atoms with Gasteiger partial charge in [-0.2, -0.15) is 0 Å². The van der Waals surface area contributed by atoms with Crippen molar-refractivity contribution in [3.05, 3.63) is 29.8 Å². The molecular formula is C13H19NO2S. The number of thioether (sulfide) groups is 1. The van der Waals surface area contributed by atoms with Gasteiger partial charge in [0, 0.05) is 23.2 Å². The zero-order valence-corrected chi connectivity index (χ0v) is 10.6. The van der Waals surface area contributed by atoms with E-state index in [2.05, 4.69) is 29.6 Å². The molecule has 1 aliphatic carbocycles. The van der Waals surface area contributed by atoms with Crippen molar-refractivity contribution in [1.29, 1.82) is 0 Å². The van der Waals surface area contributed by atoms with Crippen LogP contribution < -0.4 is 5.32 Å². The third-order valence-electron chi connectivity index (χ3n) is 2.75. The van der Waals surface area contributed by atoms with Gasteiger partial charge in [-0.15, -0.1) is 11.8 Å². The lowest BCUT2D eigenvalue weighted by Crippen LogP contribution is -2.15. The van der Waals surface area contributed by atoms with Crippen LogP contribution in [-0.2, 0) is 6.54 Å². The van der Waals surface area contributed by atoms with Gasteiger partial charge in [-0.1, -0.05) is 12.1 Å². The molecule has 4 heteroatoms. The van der Waals surface area contributed by atoms with Crippen molar-refractivity contribution in [2.45, 2.75) is 36.4 Å². The van der Waals surface area contributed by atoms with E-state index < -0.39 is 6.10 Å². The van der Waals surface area contributed by atoms with E-state index in [4.69, 9.17) is 5.11 Å². The molecular weight excluding hydrogens is 234 g/mol. The van der Waals surface area contributed by atoms with E-state index in [0.29, 0.717) is 5.75 Å². The molecule has 17 heavy (non-hydrogen) atoms. The summed E-state index contributed by atoms with van der Waals surface area (Å²) in [6, 6.07) is 9.10. The molecule has 1 atom stereocenters. The number of aliphatic hydroxyl groups excluding tert-OH is 2. The molecule has 2 rings (SSSR count). The standard InChI is InChI=1S/C13H19NO2S/c15-8-12(16)9-17-13-5-1-10(2-6-13)7-14-11-3-4-11/h1-2,5-6,11-12,14-16H,3-4,7-9H2. The Kier molecular flexibility index (Phi) is 4.86. The summed E-state index contributed by atoms with van der Waals surface area (Å²) in [5.41, 5.74) is 1.30. The predicted molar refractivity (Wildman–Crippen MR) is 70.1 cm³/mol. The Balaban J connectivity index is 1.75. The molecule has 0 aliphatic heterocycles. The summed E-state index contributed by atoms with van der Waals surface area (Å²) in [7, 11) is 0. The van der Waals surface area contributed by atoms with Crippen LogP contribution in [0.1, 0.15) is 18.4 Å². The number of rotatable bonds is 7. The Morgan fingerprint density at radius 3 is 2.59 bits per heavy atom. The second-order valence-corrected chi connectivity index (χ2v) is 5.54. The fraction of sp³-hybridized carbons (Fsp3) is 0.538. The van der Waals surface area contributed by atoms with Crippen molar-refractivity contribution in [2.75, 3.05) is 12.4 Å². The molecule has 0 saturated heterocycles. The average molecular weight is 253 g/mol. The number of nitrogens with one attached hydrogen (secondary N) is 1. The van der Waals surface area contributed by atoms with Crippen molar-refractivity contribution >= 4 is 11.8 Å². The number of aliphatic hydroxyl groups is 2.